The number of hydrogen-bond donors (Lipinski definition) is 1. The zero-order valence-corrected chi connectivity index (χ0v) is 15.1. The third-order valence-corrected chi connectivity index (χ3v) is 6.39. The number of hydrogen-bond acceptors (Lipinski definition) is 4. The molecular weight excluding hydrogens is 312 g/mol. The molecule has 0 radical (unpaired) electrons. The number of carbonyl (C=O) groups is 1. The van der Waals surface area contributed by atoms with Crippen LogP contribution in [0.2, 0.25) is 0 Å². The first-order chi connectivity index (χ1) is 12.2. The molecule has 1 amide bonds. The van der Waals surface area contributed by atoms with Crippen LogP contribution in [0.3, 0.4) is 0 Å². The van der Waals surface area contributed by atoms with Crippen molar-refractivity contribution < 1.29 is 4.79 Å². The van der Waals surface area contributed by atoms with Gasteiger partial charge in [0.1, 0.15) is 0 Å². The van der Waals surface area contributed by atoms with Gasteiger partial charge in [0.2, 0.25) is 5.91 Å². The number of piperidine rings is 3. The molecule has 1 spiro atoms. The maximum Gasteiger partial charge on any atom is 0.222 e. The fraction of sp³-hybridized carbons (Fsp3) is 0.700. The average Bonchev–Trinajstić information content (AvgIpc) is 2.67. The van der Waals surface area contributed by atoms with Crippen LogP contribution < -0.4 is 5.32 Å². The molecule has 5 heteroatoms. The summed E-state index contributed by atoms with van der Waals surface area (Å²) in [5.41, 5.74) is 1.50. The van der Waals surface area contributed by atoms with E-state index in [1.165, 1.54) is 44.3 Å². The van der Waals surface area contributed by atoms with Crippen molar-refractivity contribution in [3.05, 3.63) is 30.1 Å². The molecule has 1 aromatic rings. The Morgan fingerprint density at radius 1 is 1.16 bits per heavy atom. The van der Waals surface area contributed by atoms with E-state index in [1.807, 2.05) is 24.5 Å². The van der Waals surface area contributed by atoms with E-state index in [1.54, 1.807) is 0 Å². The van der Waals surface area contributed by atoms with Crippen LogP contribution in [0.1, 0.15) is 44.1 Å². The van der Waals surface area contributed by atoms with Crippen molar-refractivity contribution in [3.63, 3.8) is 0 Å². The maximum absolute atomic E-state index is 12.5. The predicted molar refractivity (Wildman–Crippen MR) is 98.0 cm³/mol. The summed E-state index contributed by atoms with van der Waals surface area (Å²) in [4.78, 5) is 21.4. The average molecular weight is 342 g/mol. The standard InChI is InChI=1S/C20H30N4O/c25-19-2-8-20(16-24(19)14-17-3-9-21-10-4-17)7-1-13-23(15-20)18-5-11-22-12-6-18/h3-4,9-10,18,22H,1-2,5-8,11-16H2/t20-/m0/s1. The molecule has 25 heavy (non-hydrogen) atoms. The van der Waals surface area contributed by atoms with E-state index in [0.29, 0.717) is 17.7 Å². The third kappa shape index (κ3) is 3.87. The van der Waals surface area contributed by atoms with E-state index < -0.39 is 0 Å². The summed E-state index contributed by atoms with van der Waals surface area (Å²) in [7, 11) is 0. The maximum atomic E-state index is 12.5. The van der Waals surface area contributed by atoms with Crippen molar-refractivity contribution in [1.29, 1.82) is 0 Å². The van der Waals surface area contributed by atoms with Crippen LogP contribution in [0.4, 0.5) is 0 Å². The number of nitrogens with zero attached hydrogens (tertiary/aromatic N) is 3. The van der Waals surface area contributed by atoms with Gasteiger partial charge in [0.05, 0.1) is 0 Å². The number of nitrogens with one attached hydrogen (secondary N) is 1. The van der Waals surface area contributed by atoms with Gasteiger partial charge >= 0.3 is 0 Å². The highest BCUT2D eigenvalue weighted by atomic mass is 16.2. The minimum Gasteiger partial charge on any atom is -0.338 e. The smallest absolute Gasteiger partial charge is 0.222 e. The molecule has 0 bridgehead atoms. The second-order valence-corrected chi connectivity index (χ2v) is 8.16. The first kappa shape index (κ1) is 17.0. The quantitative estimate of drug-likeness (QED) is 0.913. The molecule has 3 saturated heterocycles. The normalized spacial score (nSPS) is 29.3. The summed E-state index contributed by atoms with van der Waals surface area (Å²) in [6.45, 7) is 6.39. The second-order valence-electron chi connectivity index (χ2n) is 8.16. The topological polar surface area (TPSA) is 48.5 Å². The van der Waals surface area contributed by atoms with E-state index in [9.17, 15) is 4.79 Å². The van der Waals surface area contributed by atoms with Crippen LogP contribution >= 0.6 is 0 Å². The van der Waals surface area contributed by atoms with Gasteiger partial charge in [0.15, 0.2) is 0 Å². The second kappa shape index (κ2) is 7.42. The highest BCUT2D eigenvalue weighted by Gasteiger charge is 2.42. The number of rotatable bonds is 3. The summed E-state index contributed by atoms with van der Waals surface area (Å²) in [5, 5.41) is 3.48. The Hall–Kier alpha value is -1.46. The van der Waals surface area contributed by atoms with Crippen molar-refractivity contribution in [3.8, 4) is 0 Å². The molecule has 0 saturated carbocycles. The van der Waals surface area contributed by atoms with Crippen molar-refractivity contribution in [2.24, 2.45) is 5.41 Å². The van der Waals surface area contributed by atoms with Crippen LogP contribution in [-0.4, -0.2) is 59.5 Å². The Balaban J connectivity index is 1.44. The van der Waals surface area contributed by atoms with Gasteiger partial charge in [-0.1, -0.05) is 0 Å². The Bertz CT molecular complexity index is 587. The monoisotopic (exact) mass is 342 g/mol. The van der Waals surface area contributed by atoms with Gasteiger partial charge in [-0.3, -0.25) is 14.7 Å². The zero-order valence-electron chi connectivity index (χ0n) is 15.1. The first-order valence-corrected chi connectivity index (χ1v) is 9.86. The highest BCUT2D eigenvalue weighted by molar-refractivity contribution is 5.77. The van der Waals surface area contributed by atoms with E-state index in [0.717, 1.165) is 38.6 Å². The largest absolute Gasteiger partial charge is 0.338 e. The van der Waals surface area contributed by atoms with E-state index in [2.05, 4.69) is 20.1 Å². The number of aromatic nitrogens is 1. The van der Waals surface area contributed by atoms with Crippen LogP contribution in [0.5, 0.6) is 0 Å². The summed E-state index contributed by atoms with van der Waals surface area (Å²) >= 11 is 0. The summed E-state index contributed by atoms with van der Waals surface area (Å²) < 4.78 is 0. The lowest BCUT2D eigenvalue weighted by Gasteiger charge is -2.50. The van der Waals surface area contributed by atoms with Crippen LogP contribution in [-0.2, 0) is 11.3 Å². The van der Waals surface area contributed by atoms with Crippen LogP contribution in [0.15, 0.2) is 24.5 Å². The molecule has 1 N–H and O–H groups in total. The Morgan fingerprint density at radius 2 is 1.96 bits per heavy atom. The Morgan fingerprint density at radius 3 is 2.76 bits per heavy atom. The Kier molecular flexibility index (Phi) is 5.04. The molecule has 5 nitrogen and oxygen atoms in total. The van der Waals surface area contributed by atoms with E-state index >= 15 is 0 Å². The number of pyridine rings is 1. The molecule has 3 fully saturated rings. The number of amides is 1. The molecular formula is C20H30N4O. The summed E-state index contributed by atoms with van der Waals surface area (Å²) in [6.07, 6.45) is 10.5. The summed E-state index contributed by atoms with van der Waals surface area (Å²) in [5.74, 6) is 0.321. The van der Waals surface area contributed by atoms with Crippen molar-refractivity contribution in [2.75, 3.05) is 32.7 Å². The van der Waals surface area contributed by atoms with Crippen molar-refractivity contribution >= 4 is 5.91 Å². The van der Waals surface area contributed by atoms with E-state index in [-0.39, 0.29) is 0 Å². The summed E-state index contributed by atoms with van der Waals surface area (Å²) in [6, 6.07) is 4.79. The van der Waals surface area contributed by atoms with Gasteiger partial charge < -0.3 is 10.2 Å². The molecule has 4 rings (SSSR count). The fourth-order valence-electron chi connectivity index (χ4n) is 5.02. The molecule has 0 unspecified atom stereocenters. The number of likely N-dealkylation sites (tertiary alicyclic amines) is 2. The van der Waals surface area contributed by atoms with Gasteiger partial charge in [-0.25, -0.2) is 0 Å². The minimum atomic E-state index is 0.310. The van der Waals surface area contributed by atoms with Gasteiger partial charge in [0.25, 0.3) is 0 Å². The third-order valence-electron chi connectivity index (χ3n) is 6.39. The first-order valence-electron chi connectivity index (χ1n) is 9.86. The molecule has 1 aromatic heterocycles. The molecule has 4 heterocycles. The fourth-order valence-corrected chi connectivity index (χ4v) is 5.02. The molecule has 3 aliphatic rings. The molecule has 1 atom stereocenters. The van der Waals surface area contributed by atoms with Gasteiger partial charge in [-0.2, -0.15) is 0 Å². The molecule has 3 aliphatic heterocycles. The lowest BCUT2D eigenvalue weighted by atomic mass is 9.73. The minimum absolute atomic E-state index is 0.310. The van der Waals surface area contributed by atoms with Crippen LogP contribution in [0.25, 0.3) is 0 Å². The van der Waals surface area contributed by atoms with Crippen molar-refractivity contribution in [1.82, 2.24) is 20.1 Å². The molecule has 136 valence electrons. The van der Waals surface area contributed by atoms with Gasteiger partial charge in [-0.15, -0.1) is 0 Å². The Labute approximate surface area is 150 Å². The van der Waals surface area contributed by atoms with Gasteiger partial charge in [0, 0.05) is 49.9 Å². The number of carbonyl (C=O) groups excluding carboxylic acids is 1. The van der Waals surface area contributed by atoms with Gasteiger partial charge in [-0.05, 0) is 69.4 Å². The SMILES string of the molecule is O=C1CC[C@]2(CCCN(C3CCNCC3)C2)CN1Cc1ccncc1. The zero-order chi connectivity index (χ0) is 17.1. The van der Waals surface area contributed by atoms with E-state index in [4.69, 9.17) is 0 Å². The lowest BCUT2D eigenvalue weighted by molar-refractivity contribution is -0.140. The van der Waals surface area contributed by atoms with Crippen LogP contribution in [0, 0.1) is 5.41 Å². The molecule has 0 aromatic carbocycles. The van der Waals surface area contributed by atoms with Crippen molar-refractivity contribution in [2.45, 2.75) is 51.1 Å². The highest BCUT2D eigenvalue weighted by Crippen LogP contribution is 2.40. The molecule has 0 aliphatic carbocycles. The lowest BCUT2D eigenvalue weighted by Crippen LogP contribution is -2.56. The predicted octanol–water partition coefficient (Wildman–Crippen LogP) is 2.04.